The van der Waals surface area contributed by atoms with Crippen LogP contribution in [0, 0.1) is 0 Å². The van der Waals surface area contributed by atoms with E-state index in [1.165, 1.54) is 0 Å². The molecule has 4 rings (SSSR count). The molecule has 1 saturated heterocycles. The zero-order valence-corrected chi connectivity index (χ0v) is 23.5. The van der Waals surface area contributed by atoms with Crippen molar-refractivity contribution in [2.45, 2.75) is 6.42 Å². The highest BCUT2D eigenvalue weighted by Crippen LogP contribution is 2.44. The van der Waals surface area contributed by atoms with E-state index in [2.05, 4.69) is 20.8 Å². The van der Waals surface area contributed by atoms with Gasteiger partial charge in [0.25, 0.3) is 0 Å². The summed E-state index contributed by atoms with van der Waals surface area (Å²) in [6.45, 7) is 2.79. The molecule has 202 valence electrons. The molecule has 0 aliphatic carbocycles. The first-order valence-corrected chi connectivity index (χ1v) is 13.2. The molecule has 0 atom stereocenters. The second-order valence-electron chi connectivity index (χ2n) is 8.72. The lowest BCUT2D eigenvalue weighted by molar-refractivity contribution is -0.130. The first kappa shape index (κ1) is 27.8. The molecule has 38 heavy (non-hydrogen) atoms. The van der Waals surface area contributed by atoms with Gasteiger partial charge in [0.15, 0.2) is 13.6 Å². The van der Waals surface area contributed by atoms with Gasteiger partial charge < -0.3 is 33.5 Å². The van der Waals surface area contributed by atoms with Crippen molar-refractivity contribution in [1.82, 2.24) is 4.90 Å². The Morgan fingerprint density at radius 3 is 2.11 bits per heavy atom. The van der Waals surface area contributed by atoms with E-state index < -0.39 is 0 Å². The Bertz CT molecular complexity index is 1220. The molecule has 0 saturated carbocycles. The quantitative estimate of drug-likeness (QED) is 0.294. The standard InChI is InChI=1S/C29H33BrN2O6/c1-34-19-37-25-18-26(38-20-35-2)29(30)22(28(25)21-9-5-4-6-10-21)17-27(33)32-15-13-31(14-16-32)23-11-7-8-12-24(23)36-3/h4-12,18H,13-17,19-20H2,1-3H3. The molecule has 1 aliphatic heterocycles. The number of carbonyl (C=O) groups excluding carboxylic acids is 1. The number of para-hydroxylation sites is 2. The largest absolute Gasteiger partial charge is 0.495 e. The molecule has 0 unspecified atom stereocenters. The second kappa shape index (κ2) is 13.5. The number of anilines is 1. The topological polar surface area (TPSA) is 69.7 Å². The third-order valence-corrected chi connectivity index (χ3v) is 7.27. The van der Waals surface area contributed by atoms with Gasteiger partial charge in [-0.1, -0.05) is 42.5 Å². The molecule has 3 aromatic rings. The molecule has 9 heteroatoms. The van der Waals surface area contributed by atoms with E-state index in [4.69, 9.17) is 23.7 Å². The minimum Gasteiger partial charge on any atom is -0.495 e. The normalized spacial score (nSPS) is 13.4. The molecule has 8 nitrogen and oxygen atoms in total. The van der Waals surface area contributed by atoms with E-state index in [0.29, 0.717) is 29.1 Å². The van der Waals surface area contributed by atoms with E-state index in [1.807, 2.05) is 59.5 Å². The van der Waals surface area contributed by atoms with Crippen LogP contribution in [0.15, 0.2) is 65.1 Å². The van der Waals surface area contributed by atoms with Crippen LogP contribution in [0.5, 0.6) is 17.2 Å². The van der Waals surface area contributed by atoms with Gasteiger partial charge in [-0.05, 0) is 39.2 Å². The first-order valence-electron chi connectivity index (χ1n) is 12.4. The molecule has 0 spiro atoms. The number of amides is 1. The molecule has 0 radical (unpaired) electrons. The minimum absolute atomic E-state index is 0.0316. The van der Waals surface area contributed by atoms with Crippen molar-refractivity contribution >= 4 is 27.5 Å². The van der Waals surface area contributed by atoms with Crippen LogP contribution >= 0.6 is 15.9 Å². The van der Waals surface area contributed by atoms with Gasteiger partial charge >= 0.3 is 0 Å². The van der Waals surface area contributed by atoms with Crippen LogP contribution in [0.4, 0.5) is 5.69 Å². The lowest BCUT2D eigenvalue weighted by Crippen LogP contribution is -2.49. The van der Waals surface area contributed by atoms with Gasteiger partial charge in [-0.3, -0.25) is 4.79 Å². The van der Waals surface area contributed by atoms with Gasteiger partial charge in [0, 0.05) is 52.0 Å². The number of piperazine rings is 1. The molecule has 1 fully saturated rings. The lowest BCUT2D eigenvalue weighted by atomic mass is 9.95. The van der Waals surface area contributed by atoms with Crippen LogP contribution in [0.2, 0.25) is 0 Å². The average molecular weight is 585 g/mol. The number of methoxy groups -OCH3 is 3. The number of nitrogens with zero attached hydrogens (tertiary/aromatic N) is 2. The Labute approximate surface area is 232 Å². The molecule has 3 aromatic carbocycles. The summed E-state index contributed by atoms with van der Waals surface area (Å²) in [5, 5.41) is 0. The molecular formula is C29H33BrN2O6. The van der Waals surface area contributed by atoms with Gasteiger partial charge in [0.2, 0.25) is 5.91 Å². The molecule has 1 amide bonds. The Kier molecular flexibility index (Phi) is 9.86. The minimum atomic E-state index is 0.0316. The summed E-state index contributed by atoms with van der Waals surface area (Å²) < 4.78 is 28.3. The monoisotopic (exact) mass is 584 g/mol. The van der Waals surface area contributed by atoms with Gasteiger partial charge in [-0.15, -0.1) is 0 Å². The number of hydrogen-bond donors (Lipinski definition) is 0. The maximum Gasteiger partial charge on any atom is 0.227 e. The van der Waals surface area contributed by atoms with E-state index in [9.17, 15) is 4.79 Å². The third kappa shape index (κ3) is 6.40. The van der Waals surface area contributed by atoms with Crippen molar-refractivity contribution in [2.24, 2.45) is 0 Å². The Balaban J connectivity index is 1.61. The number of rotatable bonds is 11. The van der Waals surface area contributed by atoms with Crippen LogP contribution in [0.25, 0.3) is 11.1 Å². The summed E-state index contributed by atoms with van der Waals surface area (Å²) in [5.41, 5.74) is 3.58. The van der Waals surface area contributed by atoms with Gasteiger partial charge in [0.05, 0.1) is 23.7 Å². The van der Waals surface area contributed by atoms with Crippen LogP contribution in [0.3, 0.4) is 0 Å². The van der Waals surface area contributed by atoms with E-state index in [0.717, 1.165) is 41.2 Å². The number of hydrogen-bond acceptors (Lipinski definition) is 7. The van der Waals surface area contributed by atoms with Crippen molar-refractivity contribution < 1.29 is 28.5 Å². The fourth-order valence-corrected chi connectivity index (χ4v) is 5.13. The highest BCUT2D eigenvalue weighted by molar-refractivity contribution is 9.10. The average Bonchev–Trinajstić information content (AvgIpc) is 2.97. The fourth-order valence-electron chi connectivity index (χ4n) is 4.56. The van der Waals surface area contributed by atoms with Crippen LogP contribution < -0.4 is 19.1 Å². The Hall–Kier alpha value is -3.27. The van der Waals surface area contributed by atoms with Crippen molar-refractivity contribution in [1.29, 1.82) is 0 Å². The summed E-state index contributed by atoms with van der Waals surface area (Å²) >= 11 is 3.71. The number of halogens is 1. The maximum atomic E-state index is 13.7. The summed E-state index contributed by atoms with van der Waals surface area (Å²) in [7, 11) is 4.80. The van der Waals surface area contributed by atoms with Crippen LogP contribution in [-0.2, 0) is 20.7 Å². The van der Waals surface area contributed by atoms with Gasteiger partial charge in [-0.25, -0.2) is 0 Å². The van der Waals surface area contributed by atoms with Crippen LogP contribution in [0.1, 0.15) is 5.56 Å². The predicted molar refractivity (Wildman–Crippen MR) is 150 cm³/mol. The molecule has 1 heterocycles. The van der Waals surface area contributed by atoms with E-state index in [-0.39, 0.29) is 25.9 Å². The smallest absolute Gasteiger partial charge is 0.227 e. The number of carbonyl (C=O) groups is 1. The van der Waals surface area contributed by atoms with Crippen molar-refractivity contribution in [3.05, 3.63) is 70.7 Å². The van der Waals surface area contributed by atoms with E-state index >= 15 is 0 Å². The molecule has 0 bridgehead atoms. The zero-order valence-electron chi connectivity index (χ0n) is 21.9. The Morgan fingerprint density at radius 1 is 0.816 bits per heavy atom. The summed E-state index contributed by atoms with van der Waals surface area (Å²) in [4.78, 5) is 17.8. The summed E-state index contributed by atoms with van der Waals surface area (Å²) in [6.07, 6.45) is 0.174. The zero-order chi connectivity index (χ0) is 26.9. The summed E-state index contributed by atoms with van der Waals surface area (Å²) in [6, 6.07) is 19.6. The maximum absolute atomic E-state index is 13.7. The van der Waals surface area contributed by atoms with Crippen molar-refractivity contribution in [3.63, 3.8) is 0 Å². The molecule has 0 N–H and O–H groups in total. The van der Waals surface area contributed by atoms with Crippen LogP contribution in [-0.4, -0.2) is 71.9 Å². The second-order valence-corrected chi connectivity index (χ2v) is 9.52. The van der Waals surface area contributed by atoms with Crippen molar-refractivity contribution in [2.75, 3.05) is 66.0 Å². The third-order valence-electron chi connectivity index (χ3n) is 6.40. The fraction of sp³-hybridized carbons (Fsp3) is 0.345. The molecular weight excluding hydrogens is 552 g/mol. The predicted octanol–water partition coefficient (Wildman–Crippen LogP) is 4.98. The van der Waals surface area contributed by atoms with Crippen molar-refractivity contribution in [3.8, 4) is 28.4 Å². The first-order chi connectivity index (χ1) is 18.6. The van der Waals surface area contributed by atoms with Gasteiger partial charge in [0.1, 0.15) is 17.2 Å². The Morgan fingerprint density at radius 2 is 1.45 bits per heavy atom. The van der Waals surface area contributed by atoms with E-state index in [1.54, 1.807) is 27.4 Å². The molecule has 0 aromatic heterocycles. The number of ether oxygens (including phenoxy) is 5. The highest BCUT2D eigenvalue weighted by atomic mass is 79.9. The highest BCUT2D eigenvalue weighted by Gasteiger charge is 2.27. The van der Waals surface area contributed by atoms with Gasteiger partial charge in [-0.2, -0.15) is 0 Å². The summed E-state index contributed by atoms with van der Waals surface area (Å²) in [5.74, 6) is 1.96. The number of benzene rings is 3. The lowest BCUT2D eigenvalue weighted by Gasteiger charge is -2.37. The SMILES string of the molecule is COCOc1cc(OCOC)c(-c2ccccc2)c(CC(=O)N2CCN(c3ccccc3OC)CC2)c1Br. The molecule has 1 aliphatic rings.